The Labute approximate surface area is 126 Å². The van der Waals surface area contributed by atoms with Crippen molar-refractivity contribution in [3.63, 3.8) is 0 Å². The fraction of sp³-hybridized carbons (Fsp3) is 0.0588. The van der Waals surface area contributed by atoms with Gasteiger partial charge in [0.2, 0.25) is 11.9 Å². The summed E-state index contributed by atoms with van der Waals surface area (Å²) in [5.74, 6) is -1.44. The van der Waals surface area contributed by atoms with E-state index >= 15 is 0 Å². The molecule has 1 heterocycles. The quantitative estimate of drug-likeness (QED) is 0.750. The molecule has 0 saturated heterocycles. The van der Waals surface area contributed by atoms with Crippen LogP contribution in [0, 0.1) is 0 Å². The molecule has 0 aliphatic carbocycles. The van der Waals surface area contributed by atoms with Crippen LogP contribution in [-0.4, -0.2) is 11.9 Å². The van der Waals surface area contributed by atoms with Crippen molar-refractivity contribution in [3.8, 4) is 0 Å². The Kier molecular flexibility index (Phi) is 3.62. The number of hydrogen-bond acceptors (Lipinski definition) is 4. The van der Waals surface area contributed by atoms with Crippen LogP contribution in [0.4, 0.5) is 0 Å². The average molecular weight is 295 g/mol. The van der Waals surface area contributed by atoms with Crippen molar-refractivity contribution in [3.05, 3.63) is 72.0 Å². The Bertz CT molecular complexity index is 790. The Morgan fingerprint density at radius 2 is 1.68 bits per heavy atom. The first-order valence-electron chi connectivity index (χ1n) is 6.69. The monoisotopic (exact) mass is 295 g/mol. The molecule has 0 unspecified atom stereocenters. The zero-order chi connectivity index (χ0) is 15.5. The minimum atomic E-state index is -1.15. The van der Waals surface area contributed by atoms with Crippen molar-refractivity contribution in [1.29, 1.82) is 0 Å². The van der Waals surface area contributed by atoms with Gasteiger partial charge in [0.05, 0.1) is 0 Å². The Balaban J connectivity index is 1.86. The fourth-order valence-electron chi connectivity index (χ4n) is 2.17. The van der Waals surface area contributed by atoms with E-state index in [1.54, 1.807) is 48.5 Å². The minimum absolute atomic E-state index is 0.0309. The first kappa shape index (κ1) is 13.9. The summed E-state index contributed by atoms with van der Waals surface area (Å²) < 4.78 is 10.6. The molecule has 1 aromatic heterocycles. The topological polar surface area (TPSA) is 82.5 Å². The fourth-order valence-corrected chi connectivity index (χ4v) is 2.17. The maximum atomic E-state index is 12.2. The number of benzene rings is 2. The Hall–Kier alpha value is -3.08. The molecule has 5 nitrogen and oxygen atoms in total. The van der Waals surface area contributed by atoms with Crippen LogP contribution in [0.3, 0.4) is 0 Å². The molecule has 0 saturated carbocycles. The van der Waals surface area contributed by atoms with Gasteiger partial charge < -0.3 is 14.9 Å². The molecule has 0 fully saturated rings. The van der Waals surface area contributed by atoms with Gasteiger partial charge in [-0.3, -0.25) is 4.79 Å². The Morgan fingerprint density at radius 3 is 2.36 bits per heavy atom. The van der Waals surface area contributed by atoms with Crippen LogP contribution in [0.15, 0.2) is 65.1 Å². The maximum absolute atomic E-state index is 12.2. The molecule has 0 spiro atoms. The van der Waals surface area contributed by atoms with Gasteiger partial charge in [0, 0.05) is 10.9 Å². The lowest BCUT2D eigenvalue weighted by molar-refractivity contribution is -0.127. The van der Waals surface area contributed by atoms with Crippen LogP contribution in [-0.2, 0) is 9.53 Å². The van der Waals surface area contributed by atoms with Gasteiger partial charge in [0.1, 0.15) is 5.58 Å². The lowest BCUT2D eigenvalue weighted by Gasteiger charge is -2.13. The lowest BCUT2D eigenvalue weighted by atomic mass is 10.1. The number of para-hydroxylation sites is 1. The number of carbonyl (C=O) groups is 2. The van der Waals surface area contributed by atoms with Crippen LogP contribution < -0.4 is 5.73 Å². The summed E-state index contributed by atoms with van der Waals surface area (Å²) >= 11 is 0. The van der Waals surface area contributed by atoms with E-state index in [2.05, 4.69) is 0 Å². The highest BCUT2D eigenvalue weighted by atomic mass is 16.6. The first-order chi connectivity index (χ1) is 10.6. The molecular formula is C17H13NO4. The van der Waals surface area contributed by atoms with Gasteiger partial charge >= 0.3 is 5.97 Å². The van der Waals surface area contributed by atoms with E-state index in [9.17, 15) is 9.59 Å². The molecule has 2 N–H and O–H groups in total. The molecule has 3 rings (SSSR count). The van der Waals surface area contributed by atoms with Gasteiger partial charge in [0.25, 0.3) is 5.91 Å². The van der Waals surface area contributed by atoms with Gasteiger partial charge in [-0.05, 0) is 12.1 Å². The number of hydrogen-bond donors (Lipinski definition) is 1. The minimum Gasteiger partial charge on any atom is -0.449 e. The van der Waals surface area contributed by atoms with Crippen LogP contribution in [0.5, 0.6) is 0 Å². The van der Waals surface area contributed by atoms with Gasteiger partial charge in [-0.15, -0.1) is 0 Å². The highest BCUT2D eigenvalue weighted by Gasteiger charge is 2.25. The highest BCUT2D eigenvalue weighted by Crippen LogP contribution is 2.23. The summed E-state index contributed by atoms with van der Waals surface area (Å²) in [6.07, 6.45) is -1.15. The summed E-state index contributed by atoms with van der Waals surface area (Å²) in [4.78, 5) is 23.7. The number of esters is 1. The largest absolute Gasteiger partial charge is 0.449 e. The smallest absolute Gasteiger partial charge is 0.375 e. The zero-order valence-corrected chi connectivity index (χ0v) is 11.6. The van der Waals surface area contributed by atoms with Gasteiger partial charge in [-0.1, -0.05) is 48.5 Å². The summed E-state index contributed by atoms with van der Waals surface area (Å²) in [6.45, 7) is 0. The average Bonchev–Trinajstić information content (AvgIpc) is 2.97. The van der Waals surface area contributed by atoms with Crippen LogP contribution in [0.2, 0.25) is 0 Å². The van der Waals surface area contributed by atoms with Crippen molar-refractivity contribution >= 4 is 22.8 Å². The molecular weight excluding hydrogens is 282 g/mol. The first-order valence-corrected chi connectivity index (χ1v) is 6.69. The molecule has 2 aromatic carbocycles. The lowest BCUT2D eigenvalue weighted by Crippen LogP contribution is -2.26. The predicted octanol–water partition coefficient (Wildman–Crippen LogP) is 2.82. The number of furan rings is 1. The van der Waals surface area contributed by atoms with E-state index in [0.29, 0.717) is 11.1 Å². The SMILES string of the molecule is NC(=O)[C@@H](OC(=O)c1cc2ccccc2o1)c1ccccc1. The molecule has 3 aromatic rings. The number of nitrogens with two attached hydrogens (primary N) is 1. The van der Waals surface area contributed by atoms with E-state index in [0.717, 1.165) is 5.39 Å². The van der Waals surface area contributed by atoms with E-state index in [-0.39, 0.29) is 5.76 Å². The standard InChI is InChI=1S/C17H13NO4/c18-16(19)15(11-6-2-1-3-7-11)22-17(20)14-10-12-8-4-5-9-13(12)21-14/h1-10,15H,(H2,18,19)/t15-/m0/s1. The molecule has 1 amide bonds. The van der Waals surface area contributed by atoms with E-state index in [4.69, 9.17) is 14.9 Å². The second kappa shape index (κ2) is 5.73. The van der Waals surface area contributed by atoms with Crippen molar-refractivity contribution in [1.82, 2.24) is 0 Å². The number of fused-ring (bicyclic) bond motifs is 1. The molecule has 0 aliphatic heterocycles. The van der Waals surface area contributed by atoms with Gasteiger partial charge in [0.15, 0.2) is 0 Å². The van der Waals surface area contributed by atoms with Crippen LogP contribution >= 0.6 is 0 Å². The highest BCUT2D eigenvalue weighted by molar-refractivity contribution is 5.94. The van der Waals surface area contributed by atoms with Crippen LogP contribution in [0.25, 0.3) is 11.0 Å². The Morgan fingerprint density at radius 1 is 1.00 bits per heavy atom. The molecule has 1 atom stereocenters. The summed E-state index contributed by atoms with van der Waals surface area (Å²) in [5, 5.41) is 0.782. The number of rotatable bonds is 4. The molecule has 110 valence electrons. The van der Waals surface area contributed by atoms with E-state index in [1.165, 1.54) is 0 Å². The number of carbonyl (C=O) groups excluding carboxylic acids is 2. The predicted molar refractivity (Wildman–Crippen MR) is 80.0 cm³/mol. The van der Waals surface area contributed by atoms with E-state index in [1.807, 2.05) is 12.1 Å². The van der Waals surface area contributed by atoms with Crippen molar-refractivity contribution in [2.45, 2.75) is 6.10 Å². The van der Waals surface area contributed by atoms with Crippen molar-refractivity contribution in [2.24, 2.45) is 5.73 Å². The summed E-state index contributed by atoms with van der Waals surface area (Å²) in [7, 11) is 0. The molecule has 0 bridgehead atoms. The number of ether oxygens (including phenoxy) is 1. The van der Waals surface area contributed by atoms with Gasteiger partial charge in [-0.25, -0.2) is 4.79 Å². The summed E-state index contributed by atoms with van der Waals surface area (Å²) in [5.41, 5.74) is 6.41. The third-order valence-corrected chi connectivity index (χ3v) is 3.21. The van der Waals surface area contributed by atoms with Crippen LogP contribution in [0.1, 0.15) is 22.2 Å². The third kappa shape index (κ3) is 2.69. The molecule has 22 heavy (non-hydrogen) atoms. The molecule has 5 heteroatoms. The van der Waals surface area contributed by atoms with Gasteiger partial charge in [-0.2, -0.15) is 0 Å². The number of primary amides is 1. The second-order valence-electron chi connectivity index (χ2n) is 4.75. The maximum Gasteiger partial charge on any atom is 0.375 e. The normalized spacial score (nSPS) is 12.0. The molecule has 0 aliphatic rings. The number of amides is 1. The second-order valence-corrected chi connectivity index (χ2v) is 4.75. The van der Waals surface area contributed by atoms with Crippen molar-refractivity contribution in [2.75, 3.05) is 0 Å². The third-order valence-electron chi connectivity index (χ3n) is 3.21. The molecule has 0 radical (unpaired) electrons. The summed E-state index contributed by atoms with van der Waals surface area (Å²) in [6, 6.07) is 17.4. The van der Waals surface area contributed by atoms with Crippen molar-refractivity contribution < 1.29 is 18.7 Å². The van der Waals surface area contributed by atoms with E-state index < -0.39 is 18.0 Å². The zero-order valence-electron chi connectivity index (χ0n) is 11.6.